The first-order valence-electron chi connectivity index (χ1n) is 7.30. The lowest BCUT2D eigenvalue weighted by Gasteiger charge is -2.21. The molecule has 0 spiro atoms. The first-order chi connectivity index (χ1) is 10.3. The Hall–Kier alpha value is -0.920. The summed E-state index contributed by atoms with van der Waals surface area (Å²) in [7, 11) is -3.46. The van der Waals surface area contributed by atoms with E-state index in [9.17, 15) is 13.2 Å². The molecule has 2 rings (SSSR count). The zero-order valence-electron chi connectivity index (χ0n) is 12.5. The van der Waals surface area contributed by atoms with E-state index in [0.29, 0.717) is 25.6 Å². The Morgan fingerprint density at radius 3 is 2.59 bits per heavy atom. The van der Waals surface area contributed by atoms with Crippen molar-refractivity contribution in [3.8, 4) is 0 Å². The van der Waals surface area contributed by atoms with Crippen LogP contribution in [0.15, 0.2) is 33.6 Å². The topological polar surface area (TPSA) is 80.5 Å². The van der Waals surface area contributed by atoms with E-state index >= 15 is 0 Å². The quantitative estimate of drug-likeness (QED) is 0.831. The van der Waals surface area contributed by atoms with E-state index in [4.69, 9.17) is 5.73 Å². The van der Waals surface area contributed by atoms with Crippen molar-refractivity contribution < 1.29 is 13.2 Å². The summed E-state index contributed by atoms with van der Waals surface area (Å²) in [6.45, 7) is 3.55. The maximum atomic E-state index is 12.4. The van der Waals surface area contributed by atoms with Crippen LogP contribution in [-0.2, 0) is 14.6 Å². The lowest BCUT2D eigenvalue weighted by Crippen LogP contribution is -2.36. The molecule has 1 aliphatic heterocycles. The summed E-state index contributed by atoms with van der Waals surface area (Å²) in [5, 5.41) is 0. The van der Waals surface area contributed by atoms with Gasteiger partial charge in [0.15, 0.2) is 9.84 Å². The van der Waals surface area contributed by atoms with Crippen LogP contribution in [0, 0.1) is 11.8 Å². The minimum Gasteiger partial charge on any atom is -0.342 e. The molecule has 22 heavy (non-hydrogen) atoms. The molecule has 1 heterocycles. The number of hydrogen-bond donors (Lipinski definition) is 1. The van der Waals surface area contributed by atoms with Gasteiger partial charge in [0, 0.05) is 23.5 Å². The summed E-state index contributed by atoms with van der Waals surface area (Å²) >= 11 is 3.28. The standard InChI is InChI=1S/C15H21BrN2O3S/c1-11(15(19)18-7-6-12(8-17)9-18)10-22(20,21)14-4-2-13(16)3-5-14/h2-5,11-12H,6-10,17H2,1H3/t11-,12+/m0/s1. The summed E-state index contributed by atoms with van der Waals surface area (Å²) in [6, 6.07) is 6.48. The van der Waals surface area contributed by atoms with Gasteiger partial charge in [-0.05, 0) is 43.1 Å². The Kier molecular flexibility index (Phi) is 5.63. The van der Waals surface area contributed by atoms with Gasteiger partial charge in [-0.1, -0.05) is 22.9 Å². The molecule has 0 aromatic heterocycles. The van der Waals surface area contributed by atoms with E-state index in [-0.39, 0.29) is 16.6 Å². The van der Waals surface area contributed by atoms with E-state index in [1.165, 1.54) is 0 Å². The molecule has 0 bridgehead atoms. The molecule has 0 unspecified atom stereocenters. The highest BCUT2D eigenvalue weighted by Crippen LogP contribution is 2.21. The lowest BCUT2D eigenvalue weighted by molar-refractivity contribution is -0.133. The highest BCUT2D eigenvalue weighted by atomic mass is 79.9. The van der Waals surface area contributed by atoms with Crippen molar-refractivity contribution in [2.24, 2.45) is 17.6 Å². The van der Waals surface area contributed by atoms with E-state index < -0.39 is 15.8 Å². The summed E-state index contributed by atoms with van der Waals surface area (Å²) < 4.78 is 25.6. The highest BCUT2D eigenvalue weighted by molar-refractivity contribution is 9.10. The lowest BCUT2D eigenvalue weighted by atomic mass is 10.1. The number of carbonyl (C=O) groups excluding carboxylic acids is 1. The third kappa shape index (κ3) is 4.08. The first kappa shape index (κ1) is 17.4. The van der Waals surface area contributed by atoms with Crippen molar-refractivity contribution in [2.45, 2.75) is 18.2 Å². The second-order valence-corrected chi connectivity index (χ2v) is 8.76. The van der Waals surface area contributed by atoms with Crippen LogP contribution in [0.25, 0.3) is 0 Å². The number of halogens is 1. The summed E-state index contributed by atoms with van der Waals surface area (Å²) in [4.78, 5) is 14.4. The van der Waals surface area contributed by atoms with Crippen LogP contribution in [-0.4, -0.2) is 44.6 Å². The van der Waals surface area contributed by atoms with Crippen LogP contribution in [0.1, 0.15) is 13.3 Å². The van der Waals surface area contributed by atoms with E-state index in [0.717, 1.165) is 10.9 Å². The van der Waals surface area contributed by atoms with Crippen LogP contribution < -0.4 is 5.73 Å². The second kappa shape index (κ2) is 7.10. The number of nitrogens with two attached hydrogens (primary N) is 1. The van der Waals surface area contributed by atoms with E-state index in [1.54, 1.807) is 36.1 Å². The molecule has 2 N–H and O–H groups in total. The number of benzene rings is 1. The molecular formula is C15H21BrN2O3S. The fourth-order valence-electron chi connectivity index (χ4n) is 2.68. The first-order valence-corrected chi connectivity index (χ1v) is 9.75. The van der Waals surface area contributed by atoms with Gasteiger partial charge in [-0.15, -0.1) is 0 Å². The monoisotopic (exact) mass is 388 g/mol. The molecule has 1 aromatic carbocycles. The molecule has 1 fully saturated rings. The van der Waals surface area contributed by atoms with Crippen LogP contribution in [0.5, 0.6) is 0 Å². The van der Waals surface area contributed by atoms with Crippen molar-refractivity contribution in [3.63, 3.8) is 0 Å². The van der Waals surface area contributed by atoms with Crippen LogP contribution in [0.2, 0.25) is 0 Å². The third-order valence-corrected chi connectivity index (χ3v) is 6.45. The number of sulfone groups is 1. The van der Waals surface area contributed by atoms with Gasteiger partial charge in [-0.25, -0.2) is 8.42 Å². The zero-order valence-corrected chi connectivity index (χ0v) is 14.9. The van der Waals surface area contributed by atoms with Crippen LogP contribution in [0.4, 0.5) is 0 Å². The van der Waals surface area contributed by atoms with Crippen molar-refractivity contribution in [1.29, 1.82) is 0 Å². The SMILES string of the molecule is C[C@@H](CS(=O)(=O)c1ccc(Br)cc1)C(=O)N1CC[C@H](CN)C1. The van der Waals surface area contributed by atoms with Gasteiger partial charge >= 0.3 is 0 Å². The van der Waals surface area contributed by atoms with E-state index in [1.807, 2.05) is 0 Å². The van der Waals surface area contributed by atoms with Gasteiger partial charge in [0.1, 0.15) is 0 Å². The zero-order chi connectivity index (χ0) is 16.3. The van der Waals surface area contributed by atoms with Gasteiger partial charge in [0.25, 0.3) is 0 Å². The molecule has 0 saturated carbocycles. The van der Waals surface area contributed by atoms with Crippen molar-refractivity contribution in [2.75, 3.05) is 25.4 Å². The summed E-state index contributed by atoms with van der Waals surface area (Å²) in [5.41, 5.74) is 5.62. The van der Waals surface area contributed by atoms with Gasteiger partial charge in [-0.3, -0.25) is 4.79 Å². The fraction of sp³-hybridized carbons (Fsp3) is 0.533. The Bertz CT molecular complexity index is 631. The molecule has 1 aliphatic rings. The predicted molar refractivity (Wildman–Crippen MR) is 89.1 cm³/mol. The Labute approximate surface area is 139 Å². The van der Waals surface area contributed by atoms with Gasteiger partial charge in [0.2, 0.25) is 5.91 Å². The number of carbonyl (C=O) groups is 1. The van der Waals surface area contributed by atoms with Crippen molar-refractivity contribution in [1.82, 2.24) is 4.90 Å². The minimum atomic E-state index is -3.46. The maximum absolute atomic E-state index is 12.4. The molecule has 122 valence electrons. The minimum absolute atomic E-state index is 0.100. The van der Waals surface area contributed by atoms with Crippen molar-refractivity contribution >= 4 is 31.7 Å². The Morgan fingerprint density at radius 2 is 2.05 bits per heavy atom. The molecule has 1 amide bonds. The third-order valence-electron chi connectivity index (χ3n) is 3.99. The molecule has 5 nitrogen and oxygen atoms in total. The van der Waals surface area contributed by atoms with Gasteiger partial charge < -0.3 is 10.6 Å². The van der Waals surface area contributed by atoms with Crippen molar-refractivity contribution in [3.05, 3.63) is 28.7 Å². The normalized spacial score (nSPS) is 20.1. The number of likely N-dealkylation sites (tertiary alicyclic amines) is 1. The molecule has 0 radical (unpaired) electrons. The Morgan fingerprint density at radius 1 is 1.41 bits per heavy atom. The van der Waals surface area contributed by atoms with E-state index in [2.05, 4.69) is 15.9 Å². The second-order valence-electron chi connectivity index (χ2n) is 5.81. The average molecular weight is 389 g/mol. The molecule has 1 saturated heterocycles. The highest BCUT2D eigenvalue weighted by Gasteiger charge is 2.31. The smallest absolute Gasteiger partial charge is 0.226 e. The molecule has 1 aromatic rings. The largest absolute Gasteiger partial charge is 0.342 e. The molecule has 0 aliphatic carbocycles. The summed E-state index contributed by atoms with van der Waals surface area (Å²) in [6.07, 6.45) is 0.897. The molecular weight excluding hydrogens is 368 g/mol. The molecule has 2 atom stereocenters. The number of hydrogen-bond acceptors (Lipinski definition) is 4. The van der Waals surface area contributed by atoms with Gasteiger partial charge in [-0.2, -0.15) is 0 Å². The van der Waals surface area contributed by atoms with Crippen LogP contribution in [0.3, 0.4) is 0 Å². The maximum Gasteiger partial charge on any atom is 0.226 e. The van der Waals surface area contributed by atoms with Crippen LogP contribution >= 0.6 is 15.9 Å². The predicted octanol–water partition coefficient (Wildman–Crippen LogP) is 1.67. The average Bonchev–Trinajstić information content (AvgIpc) is 2.95. The van der Waals surface area contributed by atoms with Gasteiger partial charge in [0.05, 0.1) is 10.6 Å². The Balaban J connectivity index is 2.03. The number of rotatable bonds is 5. The molecule has 7 heteroatoms. The summed E-state index contributed by atoms with van der Waals surface area (Å²) in [5.74, 6) is -0.488. The number of amides is 1. The fourth-order valence-corrected chi connectivity index (χ4v) is 4.48. The number of nitrogens with zero attached hydrogens (tertiary/aromatic N) is 1.